The fraction of sp³-hybridized carbons (Fsp3) is 0.250. The van der Waals surface area contributed by atoms with Crippen molar-refractivity contribution in [2.75, 3.05) is 11.5 Å². The molecule has 0 unspecified atom stereocenters. The molecule has 0 aromatic heterocycles. The lowest BCUT2D eigenvalue weighted by Crippen LogP contribution is -2.37. The number of nitro benzene ring substituents is 1. The molecular formula is C20H18INO4. The summed E-state index contributed by atoms with van der Waals surface area (Å²) in [5.41, 5.74) is 2.38. The minimum atomic E-state index is -0.712. The zero-order valence-corrected chi connectivity index (χ0v) is 16.4. The van der Waals surface area contributed by atoms with Crippen LogP contribution in [0.1, 0.15) is 23.5 Å². The summed E-state index contributed by atoms with van der Waals surface area (Å²) in [6.45, 7) is 0. The summed E-state index contributed by atoms with van der Waals surface area (Å²) < 4.78 is 5.73. The molecule has 1 aliphatic rings. The lowest BCUT2D eigenvalue weighted by Gasteiger charge is -2.31. The predicted molar refractivity (Wildman–Crippen MR) is 108 cm³/mol. The first-order chi connectivity index (χ1) is 12.5. The number of carbonyl (C=O) groups is 1. The van der Waals surface area contributed by atoms with Crippen molar-refractivity contribution in [3.8, 4) is 0 Å². The van der Waals surface area contributed by atoms with Gasteiger partial charge in [0.15, 0.2) is 0 Å². The van der Waals surface area contributed by atoms with Crippen molar-refractivity contribution in [1.29, 1.82) is 0 Å². The SMILES string of the molecule is COC(=O)[C@]1(CI)CC(c2ccccc2)=C[C@H]1c1ccc([N+](=O)[O-])cc1. The molecule has 0 amide bonds. The lowest BCUT2D eigenvalue weighted by molar-refractivity contribution is -0.384. The molecule has 0 N–H and O–H groups in total. The summed E-state index contributed by atoms with van der Waals surface area (Å²) in [5.74, 6) is -0.444. The zero-order chi connectivity index (χ0) is 18.7. The van der Waals surface area contributed by atoms with E-state index in [9.17, 15) is 14.9 Å². The Morgan fingerprint density at radius 1 is 1.23 bits per heavy atom. The van der Waals surface area contributed by atoms with Gasteiger partial charge in [-0.2, -0.15) is 0 Å². The number of allylic oxidation sites excluding steroid dienone is 2. The van der Waals surface area contributed by atoms with Gasteiger partial charge in [-0.1, -0.05) is 71.1 Å². The van der Waals surface area contributed by atoms with Crippen LogP contribution in [0.4, 0.5) is 5.69 Å². The van der Waals surface area contributed by atoms with E-state index in [4.69, 9.17) is 4.74 Å². The van der Waals surface area contributed by atoms with Crippen LogP contribution in [0, 0.1) is 15.5 Å². The summed E-state index contributed by atoms with van der Waals surface area (Å²) in [6, 6.07) is 16.4. The molecule has 0 saturated carbocycles. The van der Waals surface area contributed by atoms with Gasteiger partial charge in [0.1, 0.15) is 0 Å². The van der Waals surface area contributed by atoms with Crippen LogP contribution < -0.4 is 0 Å². The van der Waals surface area contributed by atoms with E-state index in [1.165, 1.54) is 19.2 Å². The number of halogens is 1. The number of nitro groups is 1. The topological polar surface area (TPSA) is 69.4 Å². The Kier molecular flexibility index (Phi) is 5.41. The van der Waals surface area contributed by atoms with E-state index >= 15 is 0 Å². The molecule has 0 radical (unpaired) electrons. The summed E-state index contributed by atoms with van der Waals surface area (Å²) in [6.07, 6.45) is 2.68. The van der Waals surface area contributed by atoms with Gasteiger partial charge in [-0.3, -0.25) is 14.9 Å². The van der Waals surface area contributed by atoms with E-state index in [1.54, 1.807) is 12.1 Å². The highest BCUT2D eigenvalue weighted by Gasteiger charge is 2.50. The molecule has 0 aliphatic heterocycles. The Balaban J connectivity index is 2.07. The maximum absolute atomic E-state index is 12.7. The summed E-state index contributed by atoms with van der Waals surface area (Å²) in [7, 11) is 1.41. The van der Waals surface area contributed by atoms with Crippen LogP contribution in [0.2, 0.25) is 0 Å². The Bertz CT molecular complexity index is 848. The number of esters is 1. The molecule has 2 atom stereocenters. The smallest absolute Gasteiger partial charge is 0.313 e. The van der Waals surface area contributed by atoms with Gasteiger partial charge in [-0.15, -0.1) is 0 Å². The fourth-order valence-electron chi connectivity index (χ4n) is 3.53. The van der Waals surface area contributed by atoms with E-state index in [-0.39, 0.29) is 17.6 Å². The summed E-state index contributed by atoms with van der Waals surface area (Å²) >= 11 is 2.23. The average molecular weight is 463 g/mol. The van der Waals surface area contributed by atoms with E-state index in [1.807, 2.05) is 30.3 Å². The first-order valence-electron chi connectivity index (χ1n) is 8.16. The van der Waals surface area contributed by atoms with Crippen molar-refractivity contribution < 1.29 is 14.5 Å². The van der Waals surface area contributed by atoms with Crippen molar-refractivity contribution in [2.45, 2.75) is 12.3 Å². The van der Waals surface area contributed by atoms with Crippen molar-refractivity contribution in [2.24, 2.45) is 5.41 Å². The maximum Gasteiger partial charge on any atom is 0.313 e. The average Bonchev–Trinajstić information content (AvgIpc) is 3.09. The molecule has 26 heavy (non-hydrogen) atoms. The van der Waals surface area contributed by atoms with E-state index in [0.29, 0.717) is 10.8 Å². The highest BCUT2D eigenvalue weighted by atomic mass is 127. The van der Waals surface area contributed by atoms with Crippen LogP contribution in [-0.2, 0) is 9.53 Å². The number of alkyl halides is 1. The van der Waals surface area contributed by atoms with Gasteiger partial charge in [0, 0.05) is 22.5 Å². The monoisotopic (exact) mass is 463 g/mol. The summed E-state index contributed by atoms with van der Waals surface area (Å²) in [4.78, 5) is 23.2. The van der Waals surface area contributed by atoms with Gasteiger partial charge in [-0.25, -0.2) is 0 Å². The molecule has 5 nitrogen and oxygen atoms in total. The van der Waals surface area contributed by atoms with Gasteiger partial charge in [0.05, 0.1) is 17.4 Å². The fourth-order valence-corrected chi connectivity index (χ4v) is 4.58. The third-order valence-corrected chi connectivity index (χ3v) is 6.27. The van der Waals surface area contributed by atoms with Gasteiger partial charge >= 0.3 is 5.97 Å². The molecule has 134 valence electrons. The Hall–Kier alpha value is -2.22. The number of benzene rings is 2. The van der Waals surface area contributed by atoms with Gasteiger partial charge < -0.3 is 4.74 Å². The number of rotatable bonds is 5. The number of nitrogens with zero attached hydrogens (tertiary/aromatic N) is 1. The number of carbonyl (C=O) groups excluding carboxylic acids is 1. The standard InChI is InChI=1S/C20H18INO4/c1-26-19(23)20(13-21)12-16(14-5-3-2-4-6-14)11-18(20)15-7-9-17(10-8-15)22(24)25/h2-11,18H,12-13H2,1H3/t18-,20-/m0/s1. The number of ether oxygens (including phenoxy) is 1. The molecule has 1 aliphatic carbocycles. The first kappa shape index (κ1) is 18.6. The van der Waals surface area contributed by atoms with Crippen molar-refractivity contribution >= 4 is 39.8 Å². The molecule has 0 saturated heterocycles. The molecule has 0 bridgehead atoms. The third kappa shape index (κ3) is 3.25. The van der Waals surface area contributed by atoms with E-state index < -0.39 is 10.3 Å². The highest BCUT2D eigenvalue weighted by Crippen LogP contribution is 2.52. The van der Waals surface area contributed by atoms with Crippen LogP contribution >= 0.6 is 22.6 Å². The van der Waals surface area contributed by atoms with Gasteiger partial charge in [0.2, 0.25) is 0 Å². The molecule has 0 heterocycles. The Morgan fingerprint density at radius 3 is 2.42 bits per heavy atom. The third-order valence-electron chi connectivity index (χ3n) is 4.91. The second kappa shape index (κ2) is 7.57. The molecule has 0 fully saturated rings. The minimum absolute atomic E-state index is 0.0390. The minimum Gasteiger partial charge on any atom is -0.469 e. The van der Waals surface area contributed by atoms with Crippen LogP contribution in [0.3, 0.4) is 0 Å². The van der Waals surface area contributed by atoms with Crippen LogP contribution in [-0.4, -0.2) is 22.4 Å². The second-order valence-corrected chi connectivity index (χ2v) is 7.11. The molecule has 0 spiro atoms. The van der Waals surface area contributed by atoms with Gasteiger partial charge in [-0.05, 0) is 23.1 Å². The normalized spacial score (nSPS) is 21.9. The molecule has 2 aromatic carbocycles. The number of hydrogen-bond donors (Lipinski definition) is 0. The molecule has 6 heteroatoms. The lowest BCUT2D eigenvalue weighted by atomic mass is 9.75. The van der Waals surface area contributed by atoms with Crippen LogP contribution in [0.25, 0.3) is 5.57 Å². The number of methoxy groups -OCH3 is 1. The Labute approximate surface area is 165 Å². The highest BCUT2D eigenvalue weighted by molar-refractivity contribution is 14.1. The number of hydrogen-bond acceptors (Lipinski definition) is 4. The van der Waals surface area contributed by atoms with E-state index in [0.717, 1.165) is 16.7 Å². The van der Waals surface area contributed by atoms with E-state index in [2.05, 4.69) is 28.7 Å². The second-order valence-electron chi connectivity index (χ2n) is 6.34. The predicted octanol–water partition coefficient (Wildman–Crippen LogP) is 4.76. The Morgan fingerprint density at radius 2 is 1.88 bits per heavy atom. The zero-order valence-electron chi connectivity index (χ0n) is 14.2. The maximum atomic E-state index is 12.7. The summed E-state index contributed by atoms with van der Waals surface area (Å²) in [5, 5.41) is 10.9. The first-order valence-corrected chi connectivity index (χ1v) is 9.69. The van der Waals surface area contributed by atoms with Crippen molar-refractivity contribution in [3.63, 3.8) is 0 Å². The quantitative estimate of drug-likeness (QED) is 0.211. The number of non-ortho nitro benzene ring substituents is 1. The van der Waals surface area contributed by atoms with Crippen molar-refractivity contribution in [3.05, 3.63) is 81.9 Å². The van der Waals surface area contributed by atoms with Crippen LogP contribution in [0.5, 0.6) is 0 Å². The molecule has 3 rings (SSSR count). The van der Waals surface area contributed by atoms with Gasteiger partial charge in [0.25, 0.3) is 5.69 Å². The largest absolute Gasteiger partial charge is 0.469 e. The molecule has 2 aromatic rings. The van der Waals surface area contributed by atoms with Crippen LogP contribution in [0.15, 0.2) is 60.7 Å². The van der Waals surface area contributed by atoms with Crippen molar-refractivity contribution in [1.82, 2.24) is 0 Å². The molecular weight excluding hydrogens is 445 g/mol.